The molecular formula is C15H24F2Si. The maximum Gasteiger partial charge on any atom is 0.411 e. The van der Waals surface area contributed by atoms with Crippen molar-refractivity contribution < 1.29 is 8.22 Å². The number of hydrogen-bond donors (Lipinski definition) is 0. The third-order valence-electron chi connectivity index (χ3n) is 3.34. The van der Waals surface area contributed by atoms with E-state index in [4.69, 9.17) is 0 Å². The fraction of sp³-hybridized carbons (Fsp3) is 0.600. The first-order chi connectivity index (χ1) is 8.43. The summed E-state index contributed by atoms with van der Waals surface area (Å²) in [6.07, 6.45) is 1.44. The quantitative estimate of drug-likeness (QED) is 0.502. The second-order valence-corrected chi connectivity index (χ2v) is 6.87. The number of halogens is 2. The number of rotatable bonds is 6. The Labute approximate surface area is 111 Å². The van der Waals surface area contributed by atoms with Gasteiger partial charge in [0.15, 0.2) is 0 Å². The largest absolute Gasteiger partial charge is 0.411 e. The van der Waals surface area contributed by atoms with Crippen molar-refractivity contribution in [3.05, 3.63) is 34.9 Å². The Hall–Kier alpha value is -0.703. The van der Waals surface area contributed by atoms with Crippen molar-refractivity contribution in [3.8, 4) is 0 Å². The van der Waals surface area contributed by atoms with Crippen LogP contribution in [0.5, 0.6) is 0 Å². The molecule has 0 spiro atoms. The van der Waals surface area contributed by atoms with Gasteiger partial charge in [0.25, 0.3) is 0 Å². The van der Waals surface area contributed by atoms with E-state index in [2.05, 4.69) is 45.9 Å². The normalized spacial score (nSPS) is 11.8. The molecule has 0 heterocycles. The molecular weight excluding hydrogens is 246 g/mol. The van der Waals surface area contributed by atoms with Gasteiger partial charge in [0.2, 0.25) is 0 Å². The molecule has 1 rings (SSSR count). The van der Waals surface area contributed by atoms with Gasteiger partial charge in [-0.1, -0.05) is 45.9 Å². The summed E-state index contributed by atoms with van der Waals surface area (Å²) in [6.45, 7) is 8.69. The van der Waals surface area contributed by atoms with Gasteiger partial charge in [-0.15, -0.1) is 0 Å². The smallest absolute Gasteiger partial charge is 0.275 e. The van der Waals surface area contributed by atoms with Crippen LogP contribution in [0.1, 0.15) is 62.6 Å². The van der Waals surface area contributed by atoms with Gasteiger partial charge in [0.05, 0.1) is 0 Å². The average Bonchev–Trinajstić information content (AvgIpc) is 2.28. The fourth-order valence-corrected chi connectivity index (χ4v) is 2.94. The van der Waals surface area contributed by atoms with Crippen molar-refractivity contribution in [1.29, 1.82) is 0 Å². The Kier molecular flexibility index (Phi) is 5.99. The zero-order valence-electron chi connectivity index (χ0n) is 11.8. The molecule has 3 heteroatoms. The molecule has 0 radical (unpaired) electrons. The Bertz CT molecular complexity index is 347. The van der Waals surface area contributed by atoms with Gasteiger partial charge in [-0.3, -0.25) is 8.22 Å². The van der Waals surface area contributed by atoms with Crippen molar-refractivity contribution in [2.24, 2.45) is 0 Å². The van der Waals surface area contributed by atoms with Crippen molar-refractivity contribution in [2.45, 2.75) is 58.4 Å². The molecule has 0 aliphatic rings. The summed E-state index contributed by atoms with van der Waals surface area (Å²) < 4.78 is 24.8. The minimum absolute atomic E-state index is 0.143. The molecule has 0 unspecified atom stereocenters. The second-order valence-electron chi connectivity index (χ2n) is 5.51. The molecule has 0 atom stereocenters. The van der Waals surface area contributed by atoms with Gasteiger partial charge in [-0.2, -0.15) is 0 Å². The van der Waals surface area contributed by atoms with Crippen LogP contribution < -0.4 is 0 Å². The van der Waals surface area contributed by atoms with Crippen LogP contribution in [-0.4, -0.2) is 9.46 Å². The van der Waals surface area contributed by atoms with Crippen LogP contribution in [0, 0.1) is 0 Å². The molecule has 18 heavy (non-hydrogen) atoms. The first-order valence-electron chi connectivity index (χ1n) is 6.83. The van der Waals surface area contributed by atoms with E-state index in [1.807, 2.05) is 0 Å². The minimum atomic E-state index is -3.39. The summed E-state index contributed by atoms with van der Waals surface area (Å²) in [7, 11) is -3.39. The van der Waals surface area contributed by atoms with Crippen molar-refractivity contribution in [2.75, 3.05) is 0 Å². The Balaban J connectivity index is 2.96. The molecule has 0 fully saturated rings. The molecule has 0 aliphatic carbocycles. The molecule has 0 nitrogen and oxygen atoms in total. The Morgan fingerprint density at radius 3 is 1.89 bits per heavy atom. The third-order valence-corrected chi connectivity index (χ3v) is 4.19. The fourth-order valence-electron chi connectivity index (χ4n) is 2.43. The summed E-state index contributed by atoms with van der Waals surface area (Å²) in [4.78, 5) is 0. The highest BCUT2D eigenvalue weighted by Crippen LogP contribution is 2.29. The average molecular weight is 270 g/mol. The van der Waals surface area contributed by atoms with E-state index in [1.165, 1.54) is 16.7 Å². The minimum Gasteiger partial charge on any atom is -0.275 e. The first-order valence-corrected chi connectivity index (χ1v) is 8.52. The van der Waals surface area contributed by atoms with Crippen LogP contribution >= 0.6 is 0 Å². The lowest BCUT2D eigenvalue weighted by Crippen LogP contribution is -2.05. The lowest BCUT2D eigenvalue weighted by Gasteiger charge is -2.19. The summed E-state index contributed by atoms with van der Waals surface area (Å²) >= 11 is 0. The molecule has 0 N–H and O–H groups in total. The van der Waals surface area contributed by atoms with E-state index in [9.17, 15) is 8.22 Å². The zero-order chi connectivity index (χ0) is 13.7. The van der Waals surface area contributed by atoms with Gasteiger partial charge in [-0.05, 0) is 47.4 Å². The maximum absolute atomic E-state index is 12.4. The van der Waals surface area contributed by atoms with Gasteiger partial charge in [0, 0.05) is 0 Å². The third kappa shape index (κ3) is 4.20. The summed E-state index contributed by atoms with van der Waals surface area (Å²) in [5, 5.41) is 0. The first kappa shape index (κ1) is 15.4. The summed E-state index contributed by atoms with van der Waals surface area (Å²) in [5.74, 6) is 0.921. The van der Waals surface area contributed by atoms with Gasteiger partial charge < -0.3 is 0 Å². The van der Waals surface area contributed by atoms with Crippen molar-refractivity contribution in [1.82, 2.24) is 0 Å². The summed E-state index contributed by atoms with van der Waals surface area (Å²) in [5.41, 5.74) is 3.98. The van der Waals surface area contributed by atoms with Gasteiger partial charge in [-0.25, -0.2) is 0 Å². The van der Waals surface area contributed by atoms with Crippen LogP contribution in [-0.2, 0) is 6.42 Å². The molecule has 0 amide bonds. The van der Waals surface area contributed by atoms with Crippen LogP contribution in [0.25, 0.3) is 0 Å². The van der Waals surface area contributed by atoms with Gasteiger partial charge in [0.1, 0.15) is 0 Å². The lowest BCUT2D eigenvalue weighted by molar-refractivity contribution is 0.639. The summed E-state index contributed by atoms with van der Waals surface area (Å²) in [6, 6.07) is 6.53. The van der Waals surface area contributed by atoms with E-state index in [0.717, 1.165) is 6.42 Å². The van der Waals surface area contributed by atoms with Gasteiger partial charge >= 0.3 is 9.46 Å². The predicted molar refractivity (Wildman–Crippen MR) is 77.1 cm³/mol. The van der Waals surface area contributed by atoms with Crippen LogP contribution in [0.4, 0.5) is 8.22 Å². The standard InChI is InChI=1S/C15H24F2Si/c1-11(2)13-7-5-8-14(12(3)4)15(13)9-6-10-18(16)17/h5,7-8,11-12,18H,6,9-10H2,1-4H3. The molecule has 0 saturated carbocycles. The molecule has 0 saturated heterocycles. The monoisotopic (exact) mass is 270 g/mol. The SMILES string of the molecule is CC(C)c1cccc(C(C)C)c1CCC[SiH](F)F. The van der Waals surface area contributed by atoms with Crippen LogP contribution in [0.15, 0.2) is 18.2 Å². The molecule has 1 aromatic rings. The highest BCUT2D eigenvalue weighted by molar-refractivity contribution is 6.42. The molecule has 102 valence electrons. The number of benzene rings is 1. The van der Waals surface area contributed by atoms with E-state index in [0.29, 0.717) is 18.3 Å². The van der Waals surface area contributed by atoms with Crippen LogP contribution in [0.3, 0.4) is 0 Å². The Morgan fingerprint density at radius 1 is 1.00 bits per heavy atom. The molecule has 1 aromatic carbocycles. The highest BCUT2D eigenvalue weighted by Gasteiger charge is 2.14. The topological polar surface area (TPSA) is 0 Å². The van der Waals surface area contributed by atoms with E-state index in [1.54, 1.807) is 0 Å². The number of hydrogen-bond acceptors (Lipinski definition) is 0. The zero-order valence-corrected chi connectivity index (χ0v) is 13.0. The maximum atomic E-state index is 12.4. The molecule has 0 bridgehead atoms. The van der Waals surface area contributed by atoms with E-state index < -0.39 is 9.46 Å². The van der Waals surface area contributed by atoms with E-state index >= 15 is 0 Å². The highest BCUT2D eigenvalue weighted by atomic mass is 28.4. The van der Waals surface area contributed by atoms with Crippen molar-refractivity contribution in [3.63, 3.8) is 0 Å². The second kappa shape index (κ2) is 7.03. The van der Waals surface area contributed by atoms with Crippen LogP contribution in [0.2, 0.25) is 6.04 Å². The molecule has 0 aliphatic heterocycles. The Morgan fingerprint density at radius 2 is 1.50 bits per heavy atom. The molecule has 0 aromatic heterocycles. The van der Waals surface area contributed by atoms with Crippen molar-refractivity contribution >= 4 is 9.46 Å². The lowest BCUT2D eigenvalue weighted by atomic mass is 9.87. The van der Waals surface area contributed by atoms with E-state index in [-0.39, 0.29) is 6.04 Å². The predicted octanol–water partition coefficient (Wildman–Crippen LogP) is 5.03.